The third-order valence-electron chi connectivity index (χ3n) is 3.00. The molecule has 1 nitrogen and oxygen atoms in total. The molecular formula is C14H15BO. The van der Waals surface area contributed by atoms with E-state index in [1.54, 1.807) is 6.07 Å². The highest BCUT2D eigenvalue weighted by Gasteiger charge is 2.08. The molecule has 2 aromatic carbocycles. The van der Waals surface area contributed by atoms with E-state index in [1.165, 1.54) is 16.6 Å². The van der Waals surface area contributed by atoms with E-state index >= 15 is 0 Å². The van der Waals surface area contributed by atoms with E-state index in [2.05, 4.69) is 32.0 Å². The predicted octanol–water partition coefficient (Wildman–Crippen LogP) is 1.40. The summed E-state index contributed by atoms with van der Waals surface area (Å²) in [6.45, 7) is 4.23. The summed E-state index contributed by atoms with van der Waals surface area (Å²) < 4.78 is 0. The molecule has 0 aromatic heterocycles. The molecule has 2 heteroatoms. The molecule has 0 unspecified atom stereocenters. The van der Waals surface area contributed by atoms with Crippen molar-refractivity contribution >= 4 is 18.2 Å². The van der Waals surface area contributed by atoms with Crippen LogP contribution in [0, 0.1) is 13.8 Å². The second kappa shape index (κ2) is 4.44. The fraction of sp³-hybridized carbons (Fsp3) is 0.143. The molecule has 16 heavy (non-hydrogen) atoms. The zero-order valence-electron chi connectivity index (χ0n) is 9.70. The van der Waals surface area contributed by atoms with Gasteiger partial charge in [-0.1, -0.05) is 53.0 Å². The summed E-state index contributed by atoms with van der Waals surface area (Å²) in [4.78, 5) is 0. The second-order valence-electron chi connectivity index (χ2n) is 4.18. The van der Waals surface area contributed by atoms with E-state index in [0.29, 0.717) is 5.75 Å². The van der Waals surface area contributed by atoms with Gasteiger partial charge in [0, 0.05) is 0 Å². The third kappa shape index (κ3) is 2.11. The van der Waals surface area contributed by atoms with Gasteiger partial charge in [0.05, 0.1) is 0 Å². The Bertz CT molecular complexity index is 486. The zero-order chi connectivity index (χ0) is 11.5. The highest BCUT2D eigenvalue weighted by molar-refractivity contribution is 6.69. The number of para-hydroxylation sites is 1. The van der Waals surface area contributed by atoms with Crippen LogP contribution in [-0.2, 0) is 0 Å². The Kier molecular flexibility index (Phi) is 3.00. The number of hydrogen-bond donors (Lipinski definition) is 1. The lowest BCUT2D eigenvalue weighted by molar-refractivity contribution is 0.479. The van der Waals surface area contributed by atoms with Crippen LogP contribution in [0.25, 0.3) is 0 Å². The van der Waals surface area contributed by atoms with Crippen LogP contribution in [-0.4, -0.2) is 12.4 Å². The topological polar surface area (TPSA) is 20.2 Å². The molecule has 1 N–H and O–H groups in total. The first-order chi connectivity index (χ1) is 7.68. The number of benzene rings is 2. The number of phenols is 1. The van der Waals surface area contributed by atoms with Crippen molar-refractivity contribution in [3.63, 3.8) is 0 Å². The molecule has 2 rings (SSSR count). The van der Waals surface area contributed by atoms with Gasteiger partial charge in [0.2, 0.25) is 0 Å². The second-order valence-corrected chi connectivity index (χ2v) is 4.18. The van der Waals surface area contributed by atoms with E-state index in [9.17, 15) is 5.11 Å². The number of rotatable bonds is 2. The fourth-order valence-electron chi connectivity index (χ4n) is 1.98. The molecule has 2 aromatic rings. The maximum atomic E-state index is 9.75. The molecule has 0 spiro atoms. The van der Waals surface area contributed by atoms with Gasteiger partial charge in [0.25, 0.3) is 0 Å². The number of hydrogen-bond acceptors (Lipinski definition) is 1. The van der Waals surface area contributed by atoms with Crippen molar-refractivity contribution in [3.8, 4) is 5.75 Å². The van der Waals surface area contributed by atoms with Crippen LogP contribution >= 0.6 is 0 Å². The Labute approximate surface area is 97.0 Å². The third-order valence-corrected chi connectivity index (χ3v) is 3.00. The molecule has 0 aliphatic rings. The van der Waals surface area contributed by atoms with E-state index in [1.807, 2.05) is 18.2 Å². The van der Waals surface area contributed by atoms with Crippen molar-refractivity contribution in [3.05, 3.63) is 53.6 Å². The van der Waals surface area contributed by atoms with Gasteiger partial charge in [0.15, 0.2) is 7.28 Å². The lowest BCUT2D eigenvalue weighted by atomic mass is 9.61. The molecule has 0 saturated heterocycles. The summed E-state index contributed by atoms with van der Waals surface area (Å²) in [5, 5.41) is 9.75. The Hall–Kier alpha value is -1.70. The minimum Gasteiger partial charge on any atom is -0.509 e. The van der Waals surface area contributed by atoms with Crippen LogP contribution in [0.15, 0.2) is 42.5 Å². The Balaban J connectivity index is 2.38. The quantitative estimate of drug-likeness (QED) is 0.742. The van der Waals surface area contributed by atoms with Gasteiger partial charge in [-0.15, -0.1) is 0 Å². The highest BCUT2D eigenvalue weighted by Crippen LogP contribution is 2.04. The highest BCUT2D eigenvalue weighted by atomic mass is 16.3. The van der Waals surface area contributed by atoms with E-state index in [-0.39, 0.29) is 0 Å². The van der Waals surface area contributed by atoms with Gasteiger partial charge in [0.1, 0.15) is 5.75 Å². The van der Waals surface area contributed by atoms with Crippen molar-refractivity contribution in [1.29, 1.82) is 0 Å². The standard InChI is InChI=1S/C14H15BO/c1-10-6-5-7-11(2)14(10)15-12-8-3-4-9-13(12)16/h3-9,15-16H,1-2H3. The van der Waals surface area contributed by atoms with Gasteiger partial charge < -0.3 is 5.11 Å². The fourth-order valence-corrected chi connectivity index (χ4v) is 1.98. The maximum absolute atomic E-state index is 9.75. The minimum atomic E-state index is 0.380. The molecule has 0 fully saturated rings. The van der Waals surface area contributed by atoms with Gasteiger partial charge in [-0.25, -0.2) is 0 Å². The van der Waals surface area contributed by atoms with Crippen LogP contribution in [0.2, 0.25) is 0 Å². The Morgan fingerprint density at radius 3 is 2.12 bits per heavy atom. The summed E-state index contributed by atoms with van der Waals surface area (Å²) in [7, 11) is 0.797. The van der Waals surface area contributed by atoms with Crippen LogP contribution < -0.4 is 10.9 Å². The number of phenolic OH excluding ortho intramolecular Hbond substituents is 1. The SMILES string of the molecule is Cc1cccc(C)c1Bc1ccccc1O. The average molecular weight is 210 g/mol. The lowest BCUT2D eigenvalue weighted by Gasteiger charge is -2.09. The molecule has 0 aliphatic heterocycles. The normalized spacial score (nSPS) is 10.1. The summed E-state index contributed by atoms with van der Waals surface area (Å²) in [5.74, 6) is 0.380. The van der Waals surface area contributed by atoms with Crippen LogP contribution in [0.1, 0.15) is 11.1 Å². The molecule has 0 radical (unpaired) electrons. The molecule has 0 heterocycles. The van der Waals surface area contributed by atoms with Crippen molar-refractivity contribution < 1.29 is 5.11 Å². The Morgan fingerprint density at radius 2 is 1.50 bits per heavy atom. The van der Waals surface area contributed by atoms with E-state index in [4.69, 9.17) is 0 Å². The van der Waals surface area contributed by atoms with Crippen molar-refractivity contribution in [1.82, 2.24) is 0 Å². The first-order valence-electron chi connectivity index (χ1n) is 5.50. The zero-order valence-corrected chi connectivity index (χ0v) is 9.70. The van der Waals surface area contributed by atoms with Crippen molar-refractivity contribution in [2.75, 3.05) is 0 Å². The summed E-state index contributed by atoms with van der Waals surface area (Å²) in [6.07, 6.45) is 0. The summed E-state index contributed by atoms with van der Waals surface area (Å²) in [6, 6.07) is 13.8. The number of aryl methyl sites for hydroxylation is 2. The molecule has 80 valence electrons. The monoisotopic (exact) mass is 210 g/mol. The predicted molar refractivity (Wildman–Crippen MR) is 70.4 cm³/mol. The Morgan fingerprint density at radius 1 is 0.875 bits per heavy atom. The average Bonchev–Trinajstić information content (AvgIpc) is 2.26. The lowest BCUT2D eigenvalue weighted by Crippen LogP contribution is -2.31. The van der Waals surface area contributed by atoms with Crippen molar-refractivity contribution in [2.24, 2.45) is 0 Å². The largest absolute Gasteiger partial charge is 0.509 e. The maximum Gasteiger partial charge on any atom is 0.197 e. The van der Waals surface area contributed by atoms with E-state index in [0.717, 1.165) is 12.7 Å². The minimum absolute atomic E-state index is 0.380. The molecule has 0 amide bonds. The molecule has 0 aliphatic carbocycles. The molecule has 0 atom stereocenters. The summed E-state index contributed by atoms with van der Waals surface area (Å²) in [5.41, 5.74) is 4.86. The van der Waals surface area contributed by atoms with Crippen LogP contribution in [0.5, 0.6) is 5.75 Å². The number of aromatic hydroxyl groups is 1. The van der Waals surface area contributed by atoms with Crippen LogP contribution in [0.4, 0.5) is 0 Å². The molecule has 0 bridgehead atoms. The van der Waals surface area contributed by atoms with Crippen molar-refractivity contribution in [2.45, 2.75) is 13.8 Å². The first-order valence-corrected chi connectivity index (χ1v) is 5.50. The molecule has 0 saturated carbocycles. The van der Waals surface area contributed by atoms with E-state index < -0.39 is 0 Å². The van der Waals surface area contributed by atoms with Gasteiger partial charge in [-0.05, 0) is 25.4 Å². The first kappa shape index (κ1) is 10.8. The summed E-state index contributed by atoms with van der Waals surface area (Å²) >= 11 is 0. The van der Waals surface area contributed by atoms with Crippen LogP contribution in [0.3, 0.4) is 0 Å². The smallest absolute Gasteiger partial charge is 0.197 e. The van der Waals surface area contributed by atoms with Gasteiger partial charge in [-0.3, -0.25) is 0 Å². The van der Waals surface area contributed by atoms with Gasteiger partial charge in [-0.2, -0.15) is 0 Å². The molecular weight excluding hydrogens is 195 g/mol. The van der Waals surface area contributed by atoms with Gasteiger partial charge >= 0.3 is 0 Å².